The van der Waals surface area contributed by atoms with E-state index in [2.05, 4.69) is 10.1 Å². The Hall–Kier alpha value is -2.50. The van der Waals surface area contributed by atoms with E-state index in [-0.39, 0.29) is 5.89 Å². The maximum atomic E-state index is 6.33. The minimum Gasteiger partial charge on any atom is -0.486 e. The first-order valence-electron chi connectivity index (χ1n) is 7.56. The Morgan fingerprint density at radius 1 is 1.08 bits per heavy atom. The van der Waals surface area contributed by atoms with Gasteiger partial charge in [-0.1, -0.05) is 58.7 Å². The molecule has 1 aliphatic heterocycles. The molecule has 0 N–H and O–H groups in total. The molecule has 0 unspecified atom stereocenters. The largest absolute Gasteiger partial charge is 0.486 e. The van der Waals surface area contributed by atoms with E-state index in [9.17, 15) is 0 Å². The highest BCUT2D eigenvalue weighted by Crippen LogP contribution is 2.39. The van der Waals surface area contributed by atoms with Gasteiger partial charge in [-0.2, -0.15) is 4.98 Å². The van der Waals surface area contributed by atoms with Gasteiger partial charge in [0.2, 0.25) is 5.82 Å². The van der Waals surface area contributed by atoms with E-state index in [1.165, 1.54) is 0 Å². The van der Waals surface area contributed by atoms with Gasteiger partial charge in [-0.15, -0.1) is 0 Å². The summed E-state index contributed by atoms with van der Waals surface area (Å²) in [4.78, 5) is 4.32. The van der Waals surface area contributed by atoms with Crippen molar-refractivity contribution in [3.63, 3.8) is 0 Å². The molecule has 0 saturated heterocycles. The Kier molecular flexibility index (Phi) is 4.34. The topological polar surface area (TPSA) is 57.4 Å². The zero-order valence-corrected chi connectivity index (χ0v) is 14.4. The predicted molar refractivity (Wildman–Crippen MR) is 95.9 cm³/mol. The van der Waals surface area contributed by atoms with Crippen LogP contribution < -0.4 is 9.47 Å². The molecular weight excluding hydrogens is 363 g/mol. The predicted octanol–water partition coefficient (Wildman–Crippen LogP) is 4.90. The van der Waals surface area contributed by atoms with Crippen molar-refractivity contribution in [2.75, 3.05) is 13.2 Å². The van der Waals surface area contributed by atoms with Crippen molar-refractivity contribution < 1.29 is 14.0 Å². The van der Waals surface area contributed by atoms with Crippen molar-refractivity contribution in [2.45, 2.75) is 0 Å². The van der Waals surface area contributed by atoms with Gasteiger partial charge in [-0.3, -0.25) is 0 Å². The van der Waals surface area contributed by atoms with E-state index in [4.69, 9.17) is 37.2 Å². The molecule has 0 spiro atoms. The zero-order valence-electron chi connectivity index (χ0n) is 12.9. The Morgan fingerprint density at radius 3 is 2.72 bits per heavy atom. The first kappa shape index (κ1) is 16.0. The van der Waals surface area contributed by atoms with Gasteiger partial charge in [-0.05, 0) is 23.8 Å². The van der Waals surface area contributed by atoms with Gasteiger partial charge in [-0.25, -0.2) is 0 Å². The second-order valence-corrected chi connectivity index (χ2v) is 6.12. The number of benzene rings is 2. The molecule has 3 aromatic rings. The Balaban J connectivity index is 1.64. The minimum absolute atomic E-state index is 0.228. The molecule has 0 saturated carbocycles. The van der Waals surface area contributed by atoms with E-state index in [0.29, 0.717) is 40.6 Å². The minimum atomic E-state index is 0.228. The third-order valence-corrected chi connectivity index (χ3v) is 4.13. The lowest BCUT2D eigenvalue weighted by molar-refractivity contribution is 0.171. The van der Waals surface area contributed by atoms with Crippen molar-refractivity contribution >= 4 is 34.3 Å². The molecule has 2 aromatic carbocycles. The van der Waals surface area contributed by atoms with Crippen LogP contribution in [0.25, 0.3) is 22.5 Å². The highest BCUT2D eigenvalue weighted by atomic mass is 35.5. The smallest absolute Gasteiger partial charge is 0.269 e. The third kappa shape index (κ3) is 3.34. The normalized spacial score (nSPS) is 13.8. The number of aromatic nitrogens is 2. The van der Waals surface area contributed by atoms with E-state index in [0.717, 1.165) is 11.1 Å². The van der Waals surface area contributed by atoms with Crippen LogP contribution in [0, 0.1) is 0 Å². The standard InChI is InChI=1S/C18H12Cl2N2O3/c19-13-8-11(10-15-16(13)24-7-6-23-15)9-14(20)18-21-17(22-25-18)12-4-2-1-3-5-12/h1-5,8-10H,6-7H2/b14-9-. The molecule has 0 radical (unpaired) electrons. The molecule has 1 aliphatic rings. The fraction of sp³-hybridized carbons (Fsp3) is 0.111. The van der Waals surface area contributed by atoms with Crippen LogP contribution in [0.1, 0.15) is 11.5 Å². The van der Waals surface area contributed by atoms with Crippen LogP contribution in [0.2, 0.25) is 5.02 Å². The van der Waals surface area contributed by atoms with Gasteiger partial charge < -0.3 is 14.0 Å². The van der Waals surface area contributed by atoms with Gasteiger partial charge in [0.15, 0.2) is 11.5 Å². The van der Waals surface area contributed by atoms with Crippen LogP contribution >= 0.6 is 23.2 Å². The number of hydrogen-bond donors (Lipinski definition) is 0. The zero-order chi connectivity index (χ0) is 17.2. The number of fused-ring (bicyclic) bond motifs is 1. The molecule has 4 rings (SSSR count). The molecule has 0 amide bonds. The Morgan fingerprint density at radius 2 is 1.88 bits per heavy atom. The number of ether oxygens (including phenoxy) is 2. The van der Waals surface area contributed by atoms with Crippen LogP contribution in [0.3, 0.4) is 0 Å². The van der Waals surface area contributed by atoms with E-state index >= 15 is 0 Å². The number of nitrogens with zero attached hydrogens (tertiary/aromatic N) is 2. The molecule has 0 aliphatic carbocycles. The fourth-order valence-corrected chi connectivity index (χ4v) is 2.92. The number of halogens is 2. The van der Waals surface area contributed by atoms with Crippen molar-refractivity contribution in [1.82, 2.24) is 10.1 Å². The maximum absolute atomic E-state index is 6.33. The van der Waals surface area contributed by atoms with E-state index < -0.39 is 0 Å². The van der Waals surface area contributed by atoms with Crippen LogP contribution in [-0.4, -0.2) is 23.4 Å². The SMILES string of the molecule is Cl/C(=C\c1cc(Cl)c2c(c1)OCCO2)c1nc(-c2ccccc2)no1. The van der Waals surface area contributed by atoms with Crippen LogP contribution in [0.5, 0.6) is 11.5 Å². The Labute approximate surface area is 153 Å². The molecule has 0 atom stereocenters. The average Bonchev–Trinajstić information content (AvgIpc) is 3.13. The molecule has 0 fully saturated rings. The van der Waals surface area contributed by atoms with Crippen LogP contribution in [0.4, 0.5) is 0 Å². The summed E-state index contributed by atoms with van der Waals surface area (Å²) in [6, 6.07) is 13.1. The maximum Gasteiger partial charge on any atom is 0.269 e. The summed E-state index contributed by atoms with van der Waals surface area (Å²) < 4.78 is 16.3. The second kappa shape index (κ2) is 6.78. The van der Waals surface area contributed by atoms with Gasteiger partial charge in [0.05, 0.1) is 5.02 Å². The third-order valence-electron chi connectivity index (χ3n) is 3.57. The number of hydrogen-bond acceptors (Lipinski definition) is 5. The van der Waals surface area contributed by atoms with Crippen molar-refractivity contribution in [3.8, 4) is 22.9 Å². The summed E-state index contributed by atoms with van der Waals surface area (Å²) in [5.41, 5.74) is 1.60. The number of rotatable bonds is 3. The van der Waals surface area contributed by atoms with Crippen molar-refractivity contribution in [2.24, 2.45) is 0 Å². The molecule has 1 aromatic heterocycles. The summed E-state index contributed by atoms with van der Waals surface area (Å²) in [6.07, 6.45) is 1.69. The summed E-state index contributed by atoms with van der Waals surface area (Å²) in [7, 11) is 0. The van der Waals surface area contributed by atoms with Crippen LogP contribution in [-0.2, 0) is 0 Å². The van der Waals surface area contributed by atoms with Crippen LogP contribution in [0.15, 0.2) is 47.0 Å². The molecule has 126 valence electrons. The van der Waals surface area contributed by atoms with Gasteiger partial charge in [0.1, 0.15) is 18.2 Å². The molecule has 25 heavy (non-hydrogen) atoms. The first-order valence-corrected chi connectivity index (χ1v) is 8.32. The van der Waals surface area contributed by atoms with Gasteiger partial charge >= 0.3 is 0 Å². The molecule has 5 nitrogen and oxygen atoms in total. The summed E-state index contributed by atoms with van der Waals surface area (Å²) >= 11 is 12.6. The second-order valence-electron chi connectivity index (χ2n) is 5.31. The van der Waals surface area contributed by atoms with Gasteiger partial charge in [0.25, 0.3) is 5.89 Å². The van der Waals surface area contributed by atoms with Crippen molar-refractivity contribution in [3.05, 3.63) is 58.9 Å². The van der Waals surface area contributed by atoms with E-state index in [1.807, 2.05) is 30.3 Å². The lowest BCUT2D eigenvalue weighted by atomic mass is 10.1. The molecular formula is C18H12Cl2N2O3. The Bertz CT molecular complexity index is 939. The molecule has 7 heteroatoms. The van der Waals surface area contributed by atoms with Gasteiger partial charge in [0, 0.05) is 5.56 Å². The average molecular weight is 375 g/mol. The highest BCUT2D eigenvalue weighted by molar-refractivity contribution is 6.50. The quantitative estimate of drug-likeness (QED) is 0.652. The first-order chi connectivity index (χ1) is 12.2. The molecule has 2 heterocycles. The summed E-state index contributed by atoms with van der Waals surface area (Å²) in [5.74, 6) is 1.84. The lowest BCUT2D eigenvalue weighted by Gasteiger charge is -2.19. The lowest BCUT2D eigenvalue weighted by Crippen LogP contribution is -2.15. The highest BCUT2D eigenvalue weighted by Gasteiger charge is 2.17. The fourth-order valence-electron chi connectivity index (χ4n) is 2.45. The van der Waals surface area contributed by atoms with Crippen molar-refractivity contribution in [1.29, 1.82) is 0 Å². The molecule has 0 bridgehead atoms. The summed E-state index contributed by atoms with van der Waals surface area (Å²) in [5, 5.41) is 4.72. The van der Waals surface area contributed by atoms with E-state index in [1.54, 1.807) is 18.2 Å². The monoisotopic (exact) mass is 374 g/mol. The summed E-state index contributed by atoms with van der Waals surface area (Å²) in [6.45, 7) is 0.960.